The third-order valence-corrected chi connectivity index (χ3v) is 2.88. The average molecular weight is 257 g/mol. The van der Waals surface area contributed by atoms with Crippen LogP contribution in [0.25, 0.3) is 0 Å². The highest BCUT2D eigenvalue weighted by Crippen LogP contribution is 2.15. The molecule has 2 atom stereocenters. The number of hydrogen-bond acceptors (Lipinski definition) is 3. The number of aliphatic hydroxyl groups is 1. The number of aliphatic hydroxyl groups excluding tert-OH is 1. The van der Waals surface area contributed by atoms with E-state index in [1.807, 2.05) is 30.3 Å². The van der Waals surface area contributed by atoms with Gasteiger partial charge in [-0.15, -0.1) is 12.4 Å². The van der Waals surface area contributed by atoms with Gasteiger partial charge < -0.3 is 15.3 Å². The molecule has 2 N–H and O–H groups in total. The number of anilines is 1. The highest BCUT2D eigenvalue weighted by Gasteiger charge is 2.30. The van der Waals surface area contributed by atoms with Crippen molar-refractivity contribution < 1.29 is 9.90 Å². The van der Waals surface area contributed by atoms with Crippen molar-refractivity contribution >= 4 is 24.0 Å². The number of amides is 1. The van der Waals surface area contributed by atoms with Crippen LogP contribution in [0.15, 0.2) is 30.3 Å². The summed E-state index contributed by atoms with van der Waals surface area (Å²) in [4.78, 5) is 13.7. The van der Waals surface area contributed by atoms with Gasteiger partial charge in [-0.25, -0.2) is 0 Å². The fourth-order valence-electron chi connectivity index (χ4n) is 1.92. The van der Waals surface area contributed by atoms with Crippen molar-refractivity contribution in [3.63, 3.8) is 0 Å². The molecule has 94 valence electrons. The predicted octanol–water partition coefficient (Wildman–Crippen LogP) is 0.794. The Morgan fingerprint density at radius 2 is 2.06 bits per heavy atom. The van der Waals surface area contributed by atoms with Gasteiger partial charge in [-0.1, -0.05) is 18.2 Å². The van der Waals surface area contributed by atoms with Crippen LogP contribution in [-0.4, -0.2) is 36.8 Å². The summed E-state index contributed by atoms with van der Waals surface area (Å²) in [5.74, 6) is 0.00255. The van der Waals surface area contributed by atoms with Crippen molar-refractivity contribution in [3.8, 4) is 0 Å². The van der Waals surface area contributed by atoms with E-state index in [9.17, 15) is 9.90 Å². The van der Waals surface area contributed by atoms with Crippen LogP contribution in [0.1, 0.15) is 6.42 Å². The lowest BCUT2D eigenvalue weighted by Gasteiger charge is -2.21. The van der Waals surface area contributed by atoms with Crippen molar-refractivity contribution in [1.29, 1.82) is 0 Å². The summed E-state index contributed by atoms with van der Waals surface area (Å²) in [6.45, 7) is 0.499. The summed E-state index contributed by atoms with van der Waals surface area (Å²) in [5.41, 5.74) is 0.871. The molecule has 0 bridgehead atoms. The van der Waals surface area contributed by atoms with Crippen LogP contribution in [0.2, 0.25) is 0 Å². The van der Waals surface area contributed by atoms with Gasteiger partial charge in [-0.2, -0.15) is 0 Å². The molecule has 1 heterocycles. The molecule has 1 aromatic rings. The number of halogens is 1. The monoisotopic (exact) mass is 256 g/mol. The fourth-order valence-corrected chi connectivity index (χ4v) is 1.92. The molecular formula is C12H17ClN2O2. The summed E-state index contributed by atoms with van der Waals surface area (Å²) in [7, 11) is 1.75. The number of likely N-dealkylation sites (N-methyl/N-ethyl adjacent to an activating group) is 1. The zero-order valence-corrected chi connectivity index (χ0v) is 10.5. The fraction of sp³-hybridized carbons (Fsp3) is 0.417. The van der Waals surface area contributed by atoms with E-state index in [-0.39, 0.29) is 24.4 Å². The first-order valence-corrected chi connectivity index (χ1v) is 5.42. The second kappa shape index (κ2) is 6.00. The van der Waals surface area contributed by atoms with E-state index in [4.69, 9.17) is 0 Å². The largest absolute Gasteiger partial charge is 0.392 e. The van der Waals surface area contributed by atoms with Gasteiger partial charge in [0.05, 0.1) is 12.1 Å². The SMILES string of the molecule is CN(C(=O)C1CC(O)CN1)c1ccccc1.Cl. The molecule has 0 aromatic heterocycles. The molecule has 2 rings (SSSR count). The lowest BCUT2D eigenvalue weighted by Crippen LogP contribution is -2.41. The molecule has 1 aliphatic heterocycles. The van der Waals surface area contributed by atoms with Gasteiger partial charge >= 0.3 is 0 Å². The molecule has 1 aliphatic rings. The number of nitrogens with zero attached hydrogens (tertiary/aromatic N) is 1. The molecule has 1 amide bonds. The van der Waals surface area contributed by atoms with E-state index in [1.54, 1.807) is 11.9 Å². The average Bonchev–Trinajstić information content (AvgIpc) is 2.75. The summed E-state index contributed by atoms with van der Waals surface area (Å²) in [6, 6.07) is 9.23. The molecule has 0 saturated carbocycles. The first-order chi connectivity index (χ1) is 7.68. The number of rotatable bonds is 2. The van der Waals surface area contributed by atoms with E-state index in [0.717, 1.165) is 5.69 Å². The van der Waals surface area contributed by atoms with Gasteiger partial charge in [-0.05, 0) is 18.6 Å². The second-order valence-corrected chi connectivity index (χ2v) is 4.08. The Kier molecular flexibility index (Phi) is 4.93. The molecule has 1 fully saturated rings. The third kappa shape index (κ3) is 3.19. The zero-order chi connectivity index (χ0) is 11.5. The van der Waals surface area contributed by atoms with Crippen LogP contribution in [-0.2, 0) is 4.79 Å². The summed E-state index contributed by atoms with van der Waals surface area (Å²) >= 11 is 0. The molecule has 5 heteroatoms. The van der Waals surface area contributed by atoms with Crippen molar-refractivity contribution in [2.75, 3.05) is 18.5 Å². The van der Waals surface area contributed by atoms with Crippen LogP contribution < -0.4 is 10.2 Å². The first kappa shape index (κ1) is 14.0. The minimum atomic E-state index is -0.405. The van der Waals surface area contributed by atoms with E-state index in [1.165, 1.54) is 0 Å². The molecule has 17 heavy (non-hydrogen) atoms. The van der Waals surface area contributed by atoms with Crippen molar-refractivity contribution in [3.05, 3.63) is 30.3 Å². The quantitative estimate of drug-likeness (QED) is 0.823. The summed E-state index contributed by atoms with van der Waals surface area (Å²) < 4.78 is 0. The van der Waals surface area contributed by atoms with Crippen LogP contribution in [0.5, 0.6) is 0 Å². The summed E-state index contributed by atoms with van der Waals surface area (Å²) in [6.07, 6.45) is 0.0915. The number of β-amino-alcohol motifs (C(OH)–C–C–N with tert-alkyl or cyclic N) is 1. The van der Waals surface area contributed by atoms with Crippen LogP contribution in [0, 0.1) is 0 Å². The number of carbonyl (C=O) groups excluding carboxylic acids is 1. The van der Waals surface area contributed by atoms with Gasteiger partial charge in [0.1, 0.15) is 0 Å². The molecule has 1 aromatic carbocycles. The number of para-hydroxylation sites is 1. The smallest absolute Gasteiger partial charge is 0.243 e. The Morgan fingerprint density at radius 1 is 1.41 bits per heavy atom. The highest BCUT2D eigenvalue weighted by atomic mass is 35.5. The molecule has 1 saturated heterocycles. The Labute approximate surface area is 107 Å². The van der Waals surface area contributed by atoms with Crippen LogP contribution in [0.3, 0.4) is 0 Å². The van der Waals surface area contributed by atoms with Crippen molar-refractivity contribution in [2.24, 2.45) is 0 Å². The predicted molar refractivity (Wildman–Crippen MR) is 69.5 cm³/mol. The van der Waals surface area contributed by atoms with Gasteiger partial charge in [0.15, 0.2) is 0 Å². The van der Waals surface area contributed by atoms with Gasteiger partial charge in [-0.3, -0.25) is 4.79 Å². The lowest BCUT2D eigenvalue weighted by molar-refractivity contribution is -0.120. The zero-order valence-electron chi connectivity index (χ0n) is 9.67. The number of benzene rings is 1. The van der Waals surface area contributed by atoms with E-state index >= 15 is 0 Å². The normalized spacial score (nSPS) is 22.9. The Hall–Kier alpha value is -1.10. The molecule has 2 unspecified atom stereocenters. The third-order valence-electron chi connectivity index (χ3n) is 2.88. The number of hydrogen-bond donors (Lipinski definition) is 2. The molecule has 0 radical (unpaired) electrons. The van der Waals surface area contributed by atoms with Crippen molar-refractivity contribution in [2.45, 2.75) is 18.6 Å². The molecule has 0 aliphatic carbocycles. The lowest BCUT2D eigenvalue weighted by atomic mass is 10.1. The minimum absolute atomic E-state index is 0. The van der Waals surface area contributed by atoms with E-state index < -0.39 is 6.10 Å². The molecular weight excluding hydrogens is 240 g/mol. The molecule has 4 nitrogen and oxygen atoms in total. The maximum absolute atomic E-state index is 12.0. The Bertz CT molecular complexity index is 372. The standard InChI is InChI=1S/C12H16N2O2.ClH/c1-14(9-5-3-2-4-6-9)12(16)11-7-10(15)8-13-11;/h2-6,10-11,13,15H,7-8H2,1H3;1H. The van der Waals surface area contributed by atoms with E-state index in [2.05, 4.69) is 5.32 Å². The van der Waals surface area contributed by atoms with Gasteiger partial charge in [0, 0.05) is 19.3 Å². The second-order valence-electron chi connectivity index (χ2n) is 4.08. The number of nitrogens with one attached hydrogen (secondary N) is 1. The van der Waals surface area contributed by atoms with Gasteiger partial charge in [0.25, 0.3) is 0 Å². The van der Waals surface area contributed by atoms with Crippen LogP contribution >= 0.6 is 12.4 Å². The minimum Gasteiger partial charge on any atom is -0.392 e. The first-order valence-electron chi connectivity index (χ1n) is 5.42. The maximum atomic E-state index is 12.0. The highest BCUT2D eigenvalue weighted by molar-refractivity contribution is 5.96. The van der Waals surface area contributed by atoms with Crippen molar-refractivity contribution in [1.82, 2.24) is 5.32 Å². The molecule has 0 spiro atoms. The maximum Gasteiger partial charge on any atom is 0.243 e. The Morgan fingerprint density at radius 3 is 2.59 bits per heavy atom. The van der Waals surface area contributed by atoms with Crippen LogP contribution in [0.4, 0.5) is 5.69 Å². The summed E-state index contributed by atoms with van der Waals surface area (Å²) in [5, 5.41) is 12.4. The topological polar surface area (TPSA) is 52.6 Å². The van der Waals surface area contributed by atoms with Gasteiger partial charge in [0.2, 0.25) is 5.91 Å². The van der Waals surface area contributed by atoms with E-state index in [0.29, 0.717) is 13.0 Å². The number of carbonyl (C=O) groups is 1. The Balaban J connectivity index is 0.00000144.